The Kier molecular flexibility index (Phi) is 5.81. The van der Waals surface area contributed by atoms with Crippen molar-refractivity contribution in [3.8, 4) is 0 Å². The Morgan fingerprint density at radius 3 is 2.47 bits per heavy atom. The van der Waals surface area contributed by atoms with Crippen molar-refractivity contribution in [1.29, 1.82) is 0 Å². The maximum Gasteiger partial charge on any atom is 0.328 e. The van der Waals surface area contributed by atoms with Gasteiger partial charge in [-0.25, -0.2) is 9.18 Å². The van der Waals surface area contributed by atoms with E-state index in [1.54, 1.807) is 26.8 Å². The zero-order valence-electron chi connectivity index (χ0n) is 18.4. The molecule has 8 nitrogen and oxygen atoms in total. The van der Waals surface area contributed by atoms with Gasteiger partial charge in [-0.3, -0.25) is 24.6 Å². The number of rotatable bonds is 4. The first-order valence-corrected chi connectivity index (χ1v) is 11.0. The van der Waals surface area contributed by atoms with Crippen molar-refractivity contribution < 1.29 is 28.3 Å². The first kappa shape index (κ1) is 24.0. The molecule has 11 heteroatoms. The number of imide groups is 1. The van der Waals surface area contributed by atoms with Gasteiger partial charge in [0.2, 0.25) is 5.54 Å². The Hall–Kier alpha value is -3.17. The molecule has 2 aliphatic rings. The van der Waals surface area contributed by atoms with Gasteiger partial charge in [-0.2, -0.15) is 0 Å². The standard InChI is InChI=1S/C23H20Cl2FN3O5/c1-22(2,3)20(32)34-11-29-21(33)27-18(30)23(29)13-5-4-6-16(26)17(13)28(19(23)31)10-12-7-8-14(24)15(25)9-12/h4-9H,10-11H2,1-3H3,(H,27,30,33). The molecule has 2 heterocycles. The molecule has 1 spiro atoms. The predicted octanol–water partition coefficient (Wildman–Crippen LogP) is 3.97. The molecule has 1 unspecified atom stereocenters. The van der Waals surface area contributed by atoms with Crippen LogP contribution in [0.15, 0.2) is 36.4 Å². The smallest absolute Gasteiger partial charge is 0.328 e. The highest BCUT2D eigenvalue weighted by Gasteiger charge is 2.66. The number of nitrogens with zero attached hydrogens (tertiary/aromatic N) is 2. The van der Waals surface area contributed by atoms with Crippen LogP contribution in [0.3, 0.4) is 0 Å². The van der Waals surface area contributed by atoms with Crippen molar-refractivity contribution in [3.05, 3.63) is 63.4 Å². The van der Waals surface area contributed by atoms with E-state index < -0.39 is 47.3 Å². The van der Waals surface area contributed by atoms with Crippen molar-refractivity contribution in [2.75, 3.05) is 11.6 Å². The molecular weight excluding hydrogens is 488 g/mol. The first-order valence-electron chi connectivity index (χ1n) is 10.2. The van der Waals surface area contributed by atoms with Crippen molar-refractivity contribution in [1.82, 2.24) is 10.2 Å². The van der Waals surface area contributed by atoms with Gasteiger partial charge < -0.3 is 9.64 Å². The van der Waals surface area contributed by atoms with E-state index in [9.17, 15) is 19.2 Å². The quantitative estimate of drug-likeness (QED) is 0.383. The molecule has 34 heavy (non-hydrogen) atoms. The molecule has 4 amide bonds. The number of hydrogen-bond acceptors (Lipinski definition) is 5. The Labute approximate surface area is 204 Å². The van der Waals surface area contributed by atoms with Crippen LogP contribution in [-0.2, 0) is 31.2 Å². The lowest BCUT2D eigenvalue weighted by Crippen LogP contribution is -2.55. The molecule has 4 rings (SSSR count). The summed E-state index contributed by atoms with van der Waals surface area (Å²) in [6.45, 7) is 4.01. The van der Waals surface area contributed by atoms with Crippen LogP contribution in [-0.4, -0.2) is 35.4 Å². The van der Waals surface area contributed by atoms with Gasteiger partial charge in [0, 0.05) is 5.56 Å². The minimum absolute atomic E-state index is 0.0345. The topological polar surface area (TPSA) is 96.0 Å². The fourth-order valence-electron chi connectivity index (χ4n) is 3.97. The van der Waals surface area contributed by atoms with E-state index in [0.29, 0.717) is 10.6 Å². The van der Waals surface area contributed by atoms with Crippen LogP contribution >= 0.6 is 23.2 Å². The van der Waals surface area contributed by atoms with Crippen LogP contribution in [0, 0.1) is 11.2 Å². The second-order valence-corrected chi connectivity index (χ2v) is 9.80. The summed E-state index contributed by atoms with van der Waals surface area (Å²) in [5.74, 6) is -3.24. The van der Waals surface area contributed by atoms with Crippen LogP contribution in [0.1, 0.15) is 31.9 Å². The van der Waals surface area contributed by atoms with E-state index in [4.69, 9.17) is 27.9 Å². The lowest BCUT2D eigenvalue weighted by atomic mass is 9.90. The molecule has 0 aliphatic carbocycles. The maximum absolute atomic E-state index is 15.1. The van der Waals surface area contributed by atoms with Gasteiger partial charge in [0.25, 0.3) is 11.8 Å². The molecule has 2 aromatic rings. The fraction of sp³-hybridized carbons (Fsp3) is 0.304. The Balaban J connectivity index is 1.80. The number of anilines is 1. The summed E-state index contributed by atoms with van der Waals surface area (Å²) in [6.07, 6.45) is 0. The number of nitrogens with one attached hydrogen (secondary N) is 1. The third kappa shape index (κ3) is 3.59. The number of esters is 1. The van der Waals surface area contributed by atoms with Gasteiger partial charge in [0.1, 0.15) is 5.82 Å². The normalized spacial score (nSPS) is 19.6. The van der Waals surface area contributed by atoms with Crippen LogP contribution in [0.25, 0.3) is 0 Å². The molecule has 1 N–H and O–H groups in total. The number of fused-ring (bicyclic) bond motifs is 2. The van der Waals surface area contributed by atoms with Gasteiger partial charge in [-0.05, 0) is 44.5 Å². The van der Waals surface area contributed by atoms with Crippen molar-refractivity contribution in [2.45, 2.75) is 32.9 Å². The zero-order valence-corrected chi connectivity index (χ0v) is 20.0. The van der Waals surface area contributed by atoms with Gasteiger partial charge in [-0.1, -0.05) is 41.4 Å². The summed E-state index contributed by atoms with van der Waals surface area (Å²) in [4.78, 5) is 53.8. The molecule has 2 aromatic carbocycles. The largest absolute Gasteiger partial charge is 0.444 e. The fourth-order valence-corrected chi connectivity index (χ4v) is 4.29. The summed E-state index contributed by atoms with van der Waals surface area (Å²) in [6, 6.07) is 7.59. The van der Waals surface area contributed by atoms with E-state index in [0.717, 1.165) is 15.9 Å². The highest BCUT2D eigenvalue weighted by molar-refractivity contribution is 6.42. The number of hydrogen-bond donors (Lipinski definition) is 1. The second-order valence-electron chi connectivity index (χ2n) is 8.98. The van der Waals surface area contributed by atoms with Gasteiger partial charge in [-0.15, -0.1) is 0 Å². The number of amides is 4. The van der Waals surface area contributed by atoms with Crippen LogP contribution in [0.5, 0.6) is 0 Å². The van der Waals surface area contributed by atoms with Gasteiger partial charge >= 0.3 is 12.0 Å². The van der Waals surface area contributed by atoms with Crippen LogP contribution in [0.2, 0.25) is 10.0 Å². The SMILES string of the molecule is CC(C)(C)C(=O)OCN1C(=O)NC(=O)C12C(=O)N(Cc1ccc(Cl)c(Cl)c1)c1c(F)cccc12. The molecule has 1 atom stereocenters. The Morgan fingerprint density at radius 1 is 1.12 bits per heavy atom. The average molecular weight is 508 g/mol. The van der Waals surface area contributed by atoms with Gasteiger partial charge in [0.15, 0.2) is 6.73 Å². The summed E-state index contributed by atoms with van der Waals surface area (Å²) in [7, 11) is 0. The number of halogens is 3. The molecule has 2 aliphatic heterocycles. The monoisotopic (exact) mass is 507 g/mol. The third-order valence-electron chi connectivity index (χ3n) is 5.66. The minimum Gasteiger partial charge on any atom is -0.444 e. The van der Waals surface area contributed by atoms with Crippen molar-refractivity contribution >= 4 is 52.7 Å². The van der Waals surface area contributed by atoms with E-state index in [1.807, 2.05) is 0 Å². The van der Waals surface area contributed by atoms with Crippen molar-refractivity contribution in [3.63, 3.8) is 0 Å². The van der Waals surface area contributed by atoms with E-state index in [-0.39, 0.29) is 22.8 Å². The molecule has 1 saturated heterocycles. The minimum atomic E-state index is -2.23. The lowest BCUT2D eigenvalue weighted by molar-refractivity contribution is -0.161. The predicted molar refractivity (Wildman–Crippen MR) is 122 cm³/mol. The highest BCUT2D eigenvalue weighted by atomic mass is 35.5. The lowest BCUT2D eigenvalue weighted by Gasteiger charge is -2.31. The molecular formula is C23H20Cl2FN3O5. The Bertz CT molecular complexity index is 1250. The van der Waals surface area contributed by atoms with E-state index in [2.05, 4.69) is 5.32 Å². The number of para-hydroxylation sites is 1. The van der Waals surface area contributed by atoms with Gasteiger partial charge in [0.05, 0.1) is 27.7 Å². The summed E-state index contributed by atoms with van der Waals surface area (Å²) >= 11 is 12.1. The third-order valence-corrected chi connectivity index (χ3v) is 6.40. The second kappa shape index (κ2) is 8.25. The molecule has 0 saturated carbocycles. The van der Waals surface area contributed by atoms with Crippen LogP contribution < -0.4 is 10.2 Å². The molecule has 0 aromatic heterocycles. The highest BCUT2D eigenvalue weighted by Crippen LogP contribution is 2.48. The first-order chi connectivity index (χ1) is 15.9. The van der Waals surface area contributed by atoms with Crippen molar-refractivity contribution in [2.24, 2.45) is 5.41 Å². The van der Waals surface area contributed by atoms with E-state index in [1.165, 1.54) is 24.3 Å². The van der Waals surface area contributed by atoms with Crippen LogP contribution in [0.4, 0.5) is 14.9 Å². The average Bonchev–Trinajstić information content (AvgIpc) is 3.15. The summed E-state index contributed by atoms with van der Waals surface area (Å²) in [5.41, 5.74) is -2.80. The zero-order chi connectivity index (χ0) is 25.0. The number of carbonyl (C=O) groups excluding carboxylic acids is 4. The summed E-state index contributed by atoms with van der Waals surface area (Å²) < 4.78 is 20.3. The molecule has 0 bridgehead atoms. The van der Waals surface area contributed by atoms with E-state index >= 15 is 4.39 Å². The molecule has 0 radical (unpaired) electrons. The number of benzene rings is 2. The number of ether oxygens (including phenoxy) is 1. The number of carbonyl (C=O) groups is 4. The molecule has 178 valence electrons. The molecule has 1 fully saturated rings. The summed E-state index contributed by atoms with van der Waals surface area (Å²) in [5, 5.41) is 2.64. The maximum atomic E-state index is 15.1. The Morgan fingerprint density at radius 2 is 1.82 bits per heavy atom. The number of urea groups is 1.